The minimum absolute atomic E-state index is 0.0478. The first-order valence-corrected chi connectivity index (χ1v) is 34.0. The quantitative estimate of drug-likeness (QED) is 0.0228. The molecule has 1 aliphatic heterocycles. The zero-order valence-corrected chi connectivity index (χ0v) is 52.3. The summed E-state index contributed by atoms with van der Waals surface area (Å²) in [6, 6.07) is 0. The maximum Gasteiger partial charge on any atom is 0.335 e. The van der Waals surface area contributed by atoms with E-state index in [1.807, 2.05) is 0 Å². The highest BCUT2D eigenvalue weighted by molar-refractivity contribution is 5.74. The number of carboxylic acids is 1. The fourth-order valence-electron chi connectivity index (χ4n) is 10.5. The molecule has 0 amide bonds. The number of ether oxygens (including phenoxy) is 5. The standard InChI is InChI=1S/C69H124O12/c1-4-7-10-13-16-19-22-25-28-30-31-33-35-37-40-43-46-49-52-55-61(70)77-58-60(79-62(71)56-53-50-47-44-41-39-36-32-29-26-23-20-17-14-11-8-5-2)59-78-69-67(65(74)64(73)66(81-69)68(75)76)80-63(72)57-54-51-48-45-42-38-34-27-24-21-18-15-12-9-6-3/h18,21,25,27-28,34,60,64-67,69,73-74H,4-17,19-20,22-24,26,29-33,35-59H2,1-3H3,(H,75,76)/b21-18-,28-25-,34-27-. The van der Waals surface area contributed by atoms with E-state index >= 15 is 0 Å². The molecule has 1 heterocycles. The van der Waals surface area contributed by atoms with Gasteiger partial charge in [0, 0.05) is 19.3 Å². The normalized spacial score (nSPS) is 17.9. The van der Waals surface area contributed by atoms with E-state index in [9.17, 15) is 34.5 Å². The van der Waals surface area contributed by atoms with Gasteiger partial charge in [-0.2, -0.15) is 0 Å². The van der Waals surface area contributed by atoms with Crippen molar-refractivity contribution < 1.29 is 58.2 Å². The van der Waals surface area contributed by atoms with Gasteiger partial charge in [0.2, 0.25) is 0 Å². The number of carboxylic acid groups (broad SMARTS) is 1. The predicted molar refractivity (Wildman–Crippen MR) is 331 cm³/mol. The van der Waals surface area contributed by atoms with E-state index in [0.29, 0.717) is 19.3 Å². The monoisotopic (exact) mass is 1140 g/mol. The van der Waals surface area contributed by atoms with Crippen molar-refractivity contribution in [2.75, 3.05) is 13.2 Å². The Morgan fingerprint density at radius 3 is 1.15 bits per heavy atom. The molecule has 81 heavy (non-hydrogen) atoms. The van der Waals surface area contributed by atoms with Gasteiger partial charge in [0.1, 0.15) is 18.8 Å². The summed E-state index contributed by atoms with van der Waals surface area (Å²) in [5.74, 6) is -3.10. The average molecular weight is 1150 g/mol. The third-order valence-electron chi connectivity index (χ3n) is 15.7. The van der Waals surface area contributed by atoms with Gasteiger partial charge in [-0.3, -0.25) is 14.4 Å². The number of carbonyl (C=O) groups is 4. The van der Waals surface area contributed by atoms with Crippen molar-refractivity contribution in [3.8, 4) is 0 Å². The van der Waals surface area contributed by atoms with Gasteiger partial charge in [-0.1, -0.05) is 269 Å². The lowest BCUT2D eigenvalue weighted by molar-refractivity contribution is -0.301. The largest absolute Gasteiger partial charge is 0.479 e. The van der Waals surface area contributed by atoms with Crippen LogP contribution in [-0.2, 0) is 42.9 Å². The molecule has 0 saturated carbocycles. The molecule has 1 saturated heterocycles. The van der Waals surface area contributed by atoms with Crippen molar-refractivity contribution in [3.05, 3.63) is 36.5 Å². The van der Waals surface area contributed by atoms with Crippen LogP contribution >= 0.6 is 0 Å². The van der Waals surface area contributed by atoms with Crippen molar-refractivity contribution >= 4 is 23.9 Å². The first-order chi connectivity index (χ1) is 39.6. The van der Waals surface area contributed by atoms with E-state index in [1.54, 1.807) is 0 Å². The maximum atomic E-state index is 13.2. The smallest absolute Gasteiger partial charge is 0.335 e. The Kier molecular flexibility index (Phi) is 53.8. The van der Waals surface area contributed by atoms with E-state index in [2.05, 4.69) is 57.2 Å². The van der Waals surface area contributed by atoms with Gasteiger partial charge in [0.15, 0.2) is 24.6 Å². The van der Waals surface area contributed by atoms with E-state index < -0.39 is 67.3 Å². The summed E-state index contributed by atoms with van der Waals surface area (Å²) in [4.78, 5) is 51.4. The van der Waals surface area contributed by atoms with E-state index in [-0.39, 0.29) is 25.9 Å². The van der Waals surface area contributed by atoms with E-state index in [4.69, 9.17) is 23.7 Å². The molecule has 0 spiro atoms. The summed E-state index contributed by atoms with van der Waals surface area (Å²) in [5, 5.41) is 31.6. The number of aliphatic hydroxyl groups is 2. The van der Waals surface area contributed by atoms with Crippen molar-refractivity contribution in [1.82, 2.24) is 0 Å². The molecule has 472 valence electrons. The number of hydrogen-bond donors (Lipinski definition) is 3. The van der Waals surface area contributed by atoms with Crippen molar-refractivity contribution in [2.45, 2.75) is 366 Å². The molecule has 1 aliphatic rings. The highest BCUT2D eigenvalue weighted by Gasteiger charge is 2.50. The highest BCUT2D eigenvalue weighted by Crippen LogP contribution is 2.27. The highest BCUT2D eigenvalue weighted by atomic mass is 16.7. The third-order valence-corrected chi connectivity index (χ3v) is 15.7. The van der Waals surface area contributed by atoms with Crippen LogP contribution in [0.3, 0.4) is 0 Å². The fourth-order valence-corrected chi connectivity index (χ4v) is 10.5. The van der Waals surface area contributed by atoms with Gasteiger partial charge in [0.05, 0.1) is 6.61 Å². The number of esters is 3. The van der Waals surface area contributed by atoms with Gasteiger partial charge < -0.3 is 39.0 Å². The maximum absolute atomic E-state index is 13.2. The van der Waals surface area contributed by atoms with Crippen LogP contribution in [0.15, 0.2) is 36.5 Å². The van der Waals surface area contributed by atoms with Gasteiger partial charge >= 0.3 is 23.9 Å². The zero-order chi connectivity index (χ0) is 58.9. The lowest BCUT2D eigenvalue weighted by Crippen LogP contribution is -2.61. The van der Waals surface area contributed by atoms with E-state index in [1.165, 1.54) is 186 Å². The van der Waals surface area contributed by atoms with Crippen LogP contribution in [0.25, 0.3) is 0 Å². The zero-order valence-electron chi connectivity index (χ0n) is 52.3. The number of aliphatic carboxylic acids is 1. The number of hydrogen-bond acceptors (Lipinski definition) is 11. The minimum atomic E-state index is -1.91. The molecule has 1 rings (SSSR count). The van der Waals surface area contributed by atoms with Crippen LogP contribution in [0.2, 0.25) is 0 Å². The van der Waals surface area contributed by atoms with Gasteiger partial charge in [0.25, 0.3) is 0 Å². The van der Waals surface area contributed by atoms with Crippen LogP contribution in [0.1, 0.15) is 329 Å². The minimum Gasteiger partial charge on any atom is -0.479 e. The molecular formula is C69H124O12. The number of aliphatic hydroxyl groups excluding tert-OH is 2. The Balaban J connectivity index is 2.64. The second-order valence-electron chi connectivity index (χ2n) is 23.5. The molecule has 1 fully saturated rings. The SMILES string of the molecule is CCCCC/C=C\C/C=C\CCCCCCCC(=O)OC1C(OCC(COC(=O)CCCCCCCCCCC/C=C\CCCCCCCC)OC(=O)CCCCCCCCCCCCCCCCCCC)OC(C(=O)O)C(O)C1O. The fraction of sp³-hybridized carbons (Fsp3) is 0.855. The summed E-state index contributed by atoms with van der Waals surface area (Å²) in [7, 11) is 0. The van der Waals surface area contributed by atoms with Gasteiger partial charge in [-0.15, -0.1) is 0 Å². The molecule has 6 unspecified atom stereocenters. The first-order valence-electron chi connectivity index (χ1n) is 34.0. The summed E-state index contributed by atoms with van der Waals surface area (Å²) < 4.78 is 28.6. The summed E-state index contributed by atoms with van der Waals surface area (Å²) in [5.41, 5.74) is 0. The van der Waals surface area contributed by atoms with Crippen molar-refractivity contribution in [2.24, 2.45) is 0 Å². The summed E-state index contributed by atoms with van der Waals surface area (Å²) >= 11 is 0. The molecule has 6 atom stereocenters. The van der Waals surface area contributed by atoms with Crippen molar-refractivity contribution in [3.63, 3.8) is 0 Å². The molecule has 12 nitrogen and oxygen atoms in total. The second-order valence-corrected chi connectivity index (χ2v) is 23.5. The molecular weight excluding hydrogens is 1020 g/mol. The number of carbonyl (C=O) groups excluding carboxylic acids is 3. The molecule has 0 aromatic heterocycles. The Morgan fingerprint density at radius 1 is 0.407 bits per heavy atom. The Labute approximate surface area is 495 Å². The van der Waals surface area contributed by atoms with Gasteiger partial charge in [-0.05, 0) is 77.0 Å². The van der Waals surface area contributed by atoms with E-state index in [0.717, 1.165) is 83.5 Å². The summed E-state index contributed by atoms with van der Waals surface area (Å²) in [6.45, 7) is 6.02. The molecule has 0 aromatic rings. The number of allylic oxidation sites excluding steroid dienone is 6. The van der Waals surface area contributed by atoms with Crippen LogP contribution < -0.4 is 0 Å². The second kappa shape index (κ2) is 57.4. The van der Waals surface area contributed by atoms with Crippen molar-refractivity contribution in [1.29, 1.82) is 0 Å². The number of rotatable bonds is 59. The molecule has 12 heteroatoms. The first kappa shape index (κ1) is 76.0. The van der Waals surface area contributed by atoms with Crippen LogP contribution in [0.5, 0.6) is 0 Å². The average Bonchev–Trinajstić information content (AvgIpc) is 3.53. The molecule has 0 bridgehead atoms. The molecule has 0 radical (unpaired) electrons. The lowest BCUT2D eigenvalue weighted by atomic mass is 9.98. The lowest BCUT2D eigenvalue weighted by Gasteiger charge is -2.40. The number of unbranched alkanes of at least 4 members (excludes halogenated alkanes) is 39. The van der Waals surface area contributed by atoms with Crippen LogP contribution in [0, 0.1) is 0 Å². The Bertz CT molecular complexity index is 1550. The Hall–Kier alpha value is -3.06. The molecule has 0 aromatic carbocycles. The predicted octanol–water partition coefficient (Wildman–Crippen LogP) is 18.4. The van der Waals surface area contributed by atoms with Crippen LogP contribution in [0.4, 0.5) is 0 Å². The third kappa shape index (κ3) is 46.9. The molecule has 0 aliphatic carbocycles. The Morgan fingerprint density at radius 2 is 0.741 bits per heavy atom. The van der Waals surface area contributed by atoms with Gasteiger partial charge in [-0.25, -0.2) is 4.79 Å². The van der Waals surface area contributed by atoms with Crippen LogP contribution in [-0.4, -0.2) is 89.2 Å². The summed E-state index contributed by atoms with van der Waals surface area (Å²) in [6.07, 6.45) is 56.7. The topological polar surface area (TPSA) is 175 Å². The molecule has 3 N–H and O–H groups in total.